The minimum absolute atomic E-state index is 0. The molecule has 0 saturated carbocycles. The number of aryl methyl sites for hydroxylation is 2. The highest BCUT2D eigenvalue weighted by Crippen LogP contribution is 2.29. The van der Waals surface area contributed by atoms with Gasteiger partial charge in [0.2, 0.25) is 17.7 Å². The highest BCUT2D eigenvalue weighted by Gasteiger charge is 2.50. The van der Waals surface area contributed by atoms with Gasteiger partial charge in [-0.15, -0.1) is 0 Å². The van der Waals surface area contributed by atoms with Crippen molar-refractivity contribution < 1.29 is 37.7 Å². The second-order valence-corrected chi connectivity index (χ2v) is 11.1. The molecule has 3 N–H and O–H groups in total. The second kappa shape index (κ2) is 16.2. The molecule has 11 nitrogen and oxygen atoms in total. The normalized spacial score (nSPS) is 19.1. The predicted octanol–water partition coefficient (Wildman–Crippen LogP) is 2.08. The molecular formula is C32H50N4O7. The van der Waals surface area contributed by atoms with Gasteiger partial charge >= 0.3 is 0 Å². The molecule has 3 atom stereocenters. The van der Waals surface area contributed by atoms with Crippen LogP contribution in [0.15, 0.2) is 48.5 Å². The summed E-state index contributed by atoms with van der Waals surface area (Å²) in [6.45, 7) is 9.98. The van der Waals surface area contributed by atoms with Gasteiger partial charge in [-0.3, -0.25) is 24.1 Å². The zero-order valence-electron chi connectivity index (χ0n) is 25.7. The summed E-state index contributed by atoms with van der Waals surface area (Å²) in [4.78, 5) is 51.9. The number of hydrogen-bond acceptors (Lipinski definition) is 8. The van der Waals surface area contributed by atoms with E-state index in [9.17, 15) is 19.2 Å². The molecule has 0 bridgehead atoms. The van der Waals surface area contributed by atoms with Gasteiger partial charge in [0.15, 0.2) is 5.78 Å². The van der Waals surface area contributed by atoms with Gasteiger partial charge in [0.25, 0.3) is 0 Å². The lowest BCUT2D eigenvalue weighted by Gasteiger charge is -2.26. The molecule has 43 heavy (non-hydrogen) atoms. The number of epoxide rings is 1. The molecule has 11 heteroatoms. The Labute approximate surface area is 258 Å². The molecule has 0 aliphatic carbocycles. The van der Waals surface area contributed by atoms with Crippen molar-refractivity contribution in [3.05, 3.63) is 65.2 Å². The minimum Gasteiger partial charge on any atom is -0.497 e. The summed E-state index contributed by atoms with van der Waals surface area (Å²) >= 11 is 0. The van der Waals surface area contributed by atoms with Crippen molar-refractivity contribution in [2.24, 2.45) is 0 Å². The molecule has 240 valence electrons. The molecule has 2 aromatic rings. The number of nitrogens with zero attached hydrogens (tertiary/aromatic N) is 1. The average Bonchev–Trinajstić information content (AvgIpc) is 3.75. The number of benzene rings is 2. The smallest absolute Gasteiger partial charge is 0.242 e. The minimum atomic E-state index is -0.884. The topological polar surface area (TPSA) is 139 Å². The summed E-state index contributed by atoms with van der Waals surface area (Å²) in [5, 5.41) is 7.89. The van der Waals surface area contributed by atoms with E-state index in [1.807, 2.05) is 60.4 Å². The first kappa shape index (κ1) is 33.7. The lowest BCUT2D eigenvalue weighted by Crippen LogP contribution is -2.53. The van der Waals surface area contributed by atoms with Crippen LogP contribution in [0.1, 0.15) is 34.8 Å². The molecule has 2 saturated heterocycles. The summed E-state index contributed by atoms with van der Waals surface area (Å²) in [5.74, 6) is -0.521. The molecule has 0 spiro atoms. The van der Waals surface area contributed by atoms with Crippen molar-refractivity contribution in [1.29, 1.82) is 0 Å². The third-order valence-corrected chi connectivity index (χ3v) is 7.23. The summed E-state index contributed by atoms with van der Waals surface area (Å²) < 4.78 is 15.5. The number of carbonyl (C=O) groups excluding carboxylic acids is 4. The summed E-state index contributed by atoms with van der Waals surface area (Å²) in [6.07, 6.45) is 0.325. The third kappa shape index (κ3) is 11.4. The van der Waals surface area contributed by atoms with Crippen molar-refractivity contribution in [2.45, 2.75) is 51.8 Å². The van der Waals surface area contributed by atoms with Crippen molar-refractivity contribution in [3.8, 4) is 5.75 Å². The Bertz CT molecular complexity index is 1240. The van der Waals surface area contributed by atoms with Crippen LogP contribution >= 0.6 is 0 Å². The van der Waals surface area contributed by atoms with E-state index >= 15 is 0 Å². The fourth-order valence-electron chi connectivity index (χ4n) is 4.34. The number of nitrogens with one attached hydrogen (secondary N) is 3. The second-order valence-electron chi connectivity index (χ2n) is 11.1. The number of carbonyl (C=O) groups is 4. The number of amides is 3. The van der Waals surface area contributed by atoms with E-state index in [0.29, 0.717) is 39.3 Å². The van der Waals surface area contributed by atoms with E-state index < -0.39 is 29.5 Å². The SMILES string of the molecule is COc1ccc(C)cc1.Cc1ccc(C[C@H](NC(=O)CNC(=O)[C@H](C)NC(=O)CN2CCOCC2)C(=O)[C@@]2(C)CO2)cc1.[HH].[HH].[HH]. The number of morpholine rings is 1. The molecule has 4 rings (SSSR count). The molecular weight excluding hydrogens is 552 g/mol. The number of hydrogen-bond donors (Lipinski definition) is 3. The van der Waals surface area contributed by atoms with E-state index in [1.54, 1.807) is 21.0 Å². The summed E-state index contributed by atoms with van der Waals surface area (Å²) in [7, 11) is 1.67. The third-order valence-electron chi connectivity index (χ3n) is 7.23. The van der Waals surface area contributed by atoms with Crippen LogP contribution in [0.5, 0.6) is 5.75 Å². The Morgan fingerprint density at radius 3 is 2.09 bits per heavy atom. The molecule has 3 amide bonds. The van der Waals surface area contributed by atoms with Gasteiger partial charge in [0.1, 0.15) is 17.4 Å². The number of ether oxygens (including phenoxy) is 3. The van der Waals surface area contributed by atoms with Gasteiger partial charge < -0.3 is 30.2 Å². The van der Waals surface area contributed by atoms with Crippen LogP contribution in [0.4, 0.5) is 0 Å². The van der Waals surface area contributed by atoms with Crippen LogP contribution in [0, 0.1) is 13.8 Å². The quantitative estimate of drug-likeness (QED) is 0.314. The molecule has 2 aromatic carbocycles. The van der Waals surface area contributed by atoms with Crippen LogP contribution in [-0.4, -0.2) is 99.2 Å². The van der Waals surface area contributed by atoms with Crippen molar-refractivity contribution in [3.63, 3.8) is 0 Å². The van der Waals surface area contributed by atoms with Gasteiger partial charge in [-0.25, -0.2) is 0 Å². The summed E-state index contributed by atoms with van der Waals surface area (Å²) in [5.41, 5.74) is 2.39. The number of methoxy groups -OCH3 is 1. The Morgan fingerprint density at radius 2 is 1.53 bits per heavy atom. The Kier molecular flexibility index (Phi) is 12.7. The Balaban J connectivity index is 0.00000146. The van der Waals surface area contributed by atoms with E-state index in [0.717, 1.165) is 16.9 Å². The van der Waals surface area contributed by atoms with Gasteiger partial charge in [-0.1, -0.05) is 47.5 Å². The van der Waals surface area contributed by atoms with Crippen LogP contribution in [0.3, 0.4) is 0 Å². The Hall–Kier alpha value is -3.80. The maximum atomic E-state index is 12.9. The fraction of sp³-hybridized carbons (Fsp3) is 0.500. The number of ketones is 1. The van der Waals surface area contributed by atoms with Crippen molar-refractivity contribution in [2.75, 3.05) is 53.1 Å². The number of Topliss-reactive ketones (excluding diaryl/α,β-unsaturated/α-hetero) is 1. The predicted molar refractivity (Wildman–Crippen MR) is 168 cm³/mol. The van der Waals surface area contributed by atoms with Crippen LogP contribution in [-0.2, 0) is 35.1 Å². The lowest BCUT2D eigenvalue weighted by molar-refractivity contribution is -0.132. The molecule has 0 aromatic heterocycles. The zero-order valence-corrected chi connectivity index (χ0v) is 25.7. The maximum Gasteiger partial charge on any atom is 0.242 e. The molecule has 2 aliphatic heterocycles. The van der Waals surface area contributed by atoms with Crippen LogP contribution in [0.25, 0.3) is 0 Å². The first-order chi connectivity index (χ1) is 20.5. The molecule has 2 heterocycles. The first-order valence-electron chi connectivity index (χ1n) is 14.5. The highest BCUT2D eigenvalue weighted by molar-refractivity contribution is 5.97. The van der Waals surface area contributed by atoms with Gasteiger partial charge in [-0.2, -0.15) is 0 Å². The van der Waals surface area contributed by atoms with Crippen LogP contribution < -0.4 is 20.7 Å². The largest absolute Gasteiger partial charge is 0.497 e. The molecule has 2 fully saturated rings. The van der Waals surface area contributed by atoms with Crippen LogP contribution in [0.2, 0.25) is 0 Å². The van der Waals surface area contributed by atoms with Gasteiger partial charge in [0, 0.05) is 17.4 Å². The van der Waals surface area contributed by atoms with Crippen molar-refractivity contribution in [1.82, 2.24) is 20.9 Å². The average molecular weight is 603 g/mol. The molecule has 0 radical (unpaired) electrons. The monoisotopic (exact) mass is 602 g/mol. The zero-order chi connectivity index (χ0) is 31.4. The lowest BCUT2D eigenvalue weighted by atomic mass is 9.94. The van der Waals surface area contributed by atoms with E-state index in [1.165, 1.54) is 5.56 Å². The van der Waals surface area contributed by atoms with Gasteiger partial charge in [-0.05, 0) is 51.8 Å². The maximum absolute atomic E-state index is 12.9. The van der Waals surface area contributed by atoms with Gasteiger partial charge in [0.05, 0.1) is 46.1 Å². The Morgan fingerprint density at radius 1 is 0.953 bits per heavy atom. The molecule has 0 unspecified atom stereocenters. The highest BCUT2D eigenvalue weighted by atomic mass is 16.6. The number of rotatable bonds is 12. The van der Waals surface area contributed by atoms with E-state index in [2.05, 4.69) is 22.9 Å². The first-order valence-corrected chi connectivity index (χ1v) is 14.5. The van der Waals surface area contributed by atoms with E-state index in [4.69, 9.17) is 14.2 Å². The fourth-order valence-corrected chi connectivity index (χ4v) is 4.34. The van der Waals surface area contributed by atoms with Crippen molar-refractivity contribution >= 4 is 23.5 Å². The summed E-state index contributed by atoms with van der Waals surface area (Å²) in [6, 6.07) is 14.1. The van der Waals surface area contributed by atoms with E-state index in [-0.39, 0.29) is 29.1 Å². The standard InChI is InChI=1S/C24H34N4O6.C8H10O.3H2/c1-16-4-6-18(7-5-16)12-19(22(31)24(3)15-34-24)27-20(29)13-25-23(32)17(2)26-21(30)14-28-8-10-33-11-9-28;1-7-3-5-8(9-2)6-4-7;;;/h4-7,17,19H,8-15H2,1-3H3,(H,25,32)(H,26,30)(H,27,29);3-6H,1-2H3;3*1H/t17-,19-,24+;;;;/m0..../s1. The molecule has 2 aliphatic rings.